The van der Waals surface area contributed by atoms with Crippen LogP contribution in [0.4, 0.5) is 0 Å². The first kappa shape index (κ1) is 16.4. The monoisotopic (exact) mass is 348 g/mol. The fourth-order valence-electron chi connectivity index (χ4n) is 2.51. The third kappa shape index (κ3) is 4.52. The summed E-state index contributed by atoms with van der Waals surface area (Å²) in [6.07, 6.45) is 2.27. The SMILES string of the molecule is CCNC(CCC(C)(C)C)c1nc2ccccc2cc1Br. The van der Waals surface area contributed by atoms with Crippen molar-refractivity contribution in [2.75, 3.05) is 6.54 Å². The van der Waals surface area contributed by atoms with Gasteiger partial charge in [0.25, 0.3) is 0 Å². The predicted molar refractivity (Wildman–Crippen MR) is 94.5 cm³/mol. The highest BCUT2D eigenvalue weighted by Gasteiger charge is 2.19. The van der Waals surface area contributed by atoms with Gasteiger partial charge in [0.1, 0.15) is 0 Å². The minimum atomic E-state index is 0.299. The standard InChI is InChI=1S/C18H25BrN2/c1-5-20-16(10-11-18(2,3)4)17-14(19)12-13-8-6-7-9-15(13)21-17/h6-9,12,16,20H,5,10-11H2,1-4H3. The Morgan fingerprint density at radius 3 is 2.62 bits per heavy atom. The van der Waals surface area contributed by atoms with E-state index in [1.807, 2.05) is 6.07 Å². The van der Waals surface area contributed by atoms with Crippen LogP contribution in [0.2, 0.25) is 0 Å². The van der Waals surface area contributed by atoms with Crippen molar-refractivity contribution in [3.05, 3.63) is 40.5 Å². The first-order valence-corrected chi connectivity index (χ1v) is 8.48. The van der Waals surface area contributed by atoms with Crippen molar-refractivity contribution < 1.29 is 0 Å². The highest BCUT2D eigenvalue weighted by molar-refractivity contribution is 9.10. The van der Waals surface area contributed by atoms with Gasteiger partial charge in [-0.05, 0) is 52.9 Å². The largest absolute Gasteiger partial charge is 0.309 e. The van der Waals surface area contributed by atoms with E-state index in [9.17, 15) is 0 Å². The molecule has 2 rings (SSSR count). The lowest BCUT2D eigenvalue weighted by molar-refractivity contribution is 0.331. The Labute approximate surface area is 136 Å². The lowest BCUT2D eigenvalue weighted by atomic mass is 9.88. The van der Waals surface area contributed by atoms with Gasteiger partial charge in [0.05, 0.1) is 17.3 Å². The van der Waals surface area contributed by atoms with E-state index in [0.717, 1.165) is 28.6 Å². The maximum Gasteiger partial charge on any atom is 0.0722 e. The Bertz CT molecular complexity index is 602. The lowest BCUT2D eigenvalue weighted by Crippen LogP contribution is -2.24. The topological polar surface area (TPSA) is 24.9 Å². The summed E-state index contributed by atoms with van der Waals surface area (Å²) in [6, 6.07) is 10.8. The van der Waals surface area contributed by atoms with Crippen LogP contribution in [0.15, 0.2) is 34.8 Å². The maximum absolute atomic E-state index is 4.88. The van der Waals surface area contributed by atoms with Crippen LogP contribution < -0.4 is 5.32 Å². The van der Waals surface area contributed by atoms with Crippen LogP contribution in [-0.4, -0.2) is 11.5 Å². The number of halogens is 1. The van der Waals surface area contributed by atoms with Crippen LogP contribution in [0.3, 0.4) is 0 Å². The molecule has 0 saturated carbocycles. The number of rotatable bonds is 5. The van der Waals surface area contributed by atoms with Gasteiger partial charge in [-0.15, -0.1) is 0 Å². The third-order valence-electron chi connectivity index (χ3n) is 3.67. The van der Waals surface area contributed by atoms with Gasteiger partial charge in [-0.25, -0.2) is 4.98 Å². The molecule has 0 aliphatic heterocycles. The van der Waals surface area contributed by atoms with Gasteiger partial charge in [0, 0.05) is 9.86 Å². The number of hydrogen-bond acceptors (Lipinski definition) is 2. The Kier molecular flexibility index (Phi) is 5.39. The minimum absolute atomic E-state index is 0.299. The van der Waals surface area contributed by atoms with Gasteiger partial charge in [0.2, 0.25) is 0 Å². The predicted octanol–water partition coefficient (Wildman–Crippen LogP) is 5.47. The Morgan fingerprint density at radius 1 is 1.24 bits per heavy atom. The van der Waals surface area contributed by atoms with E-state index < -0.39 is 0 Å². The lowest BCUT2D eigenvalue weighted by Gasteiger charge is -2.24. The second-order valence-corrected chi connectivity index (χ2v) is 7.61. The Hall–Kier alpha value is -0.930. The van der Waals surface area contributed by atoms with E-state index in [-0.39, 0.29) is 0 Å². The van der Waals surface area contributed by atoms with Crippen molar-refractivity contribution in [1.82, 2.24) is 10.3 Å². The molecule has 114 valence electrons. The number of nitrogens with one attached hydrogen (secondary N) is 1. The number of para-hydroxylation sites is 1. The second kappa shape index (κ2) is 6.89. The molecule has 0 fully saturated rings. The van der Waals surface area contributed by atoms with Crippen LogP contribution in [0.1, 0.15) is 52.3 Å². The molecule has 2 nitrogen and oxygen atoms in total. The molecular weight excluding hydrogens is 324 g/mol. The molecule has 1 unspecified atom stereocenters. The number of pyridine rings is 1. The van der Waals surface area contributed by atoms with Crippen molar-refractivity contribution >= 4 is 26.8 Å². The van der Waals surface area contributed by atoms with Crippen LogP contribution in [0.5, 0.6) is 0 Å². The molecule has 0 aliphatic carbocycles. The molecule has 1 heterocycles. The molecule has 2 aromatic rings. The van der Waals surface area contributed by atoms with Gasteiger partial charge < -0.3 is 5.32 Å². The number of hydrogen-bond donors (Lipinski definition) is 1. The number of aromatic nitrogens is 1. The van der Waals surface area contributed by atoms with E-state index in [2.05, 4.69) is 73.2 Å². The molecule has 21 heavy (non-hydrogen) atoms. The van der Waals surface area contributed by atoms with Crippen LogP contribution >= 0.6 is 15.9 Å². The first-order chi connectivity index (χ1) is 9.90. The van der Waals surface area contributed by atoms with Crippen molar-refractivity contribution in [2.24, 2.45) is 5.41 Å². The van der Waals surface area contributed by atoms with Crippen molar-refractivity contribution in [2.45, 2.75) is 46.6 Å². The zero-order valence-corrected chi connectivity index (χ0v) is 15.0. The third-order valence-corrected chi connectivity index (χ3v) is 4.30. The molecule has 0 amide bonds. The van der Waals surface area contributed by atoms with Gasteiger partial charge in [-0.2, -0.15) is 0 Å². The second-order valence-electron chi connectivity index (χ2n) is 6.76. The van der Waals surface area contributed by atoms with E-state index in [1.165, 1.54) is 11.8 Å². The number of nitrogens with zero attached hydrogens (tertiary/aromatic N) is 1. The van der Waals surface area contributed by atoms with Crippen LogP contribution in [0.25, 0.3) is 10.9 Å². The molecule has 1 aromatic carbocycles. The average molecular weight is 349 g/mol. The molecule has 0 saturated heterocycles. The molecule has 3 heteroatoms. The first-order valence-electron chi connectivity index (χ1n) is 7.69. The number of fused-ring (bicyclic) bond motifs is 1. The van der Waals surface area contributed by atoms with E-state index >= 15 is 0 Å². The Morgan fingerprint density at radius 2 is 1.95 bits per heavy atom. The highest BCUT2D eigenvalue weighted by Crippen LogP contribution is 2.31. The molecule has 1 aromatic heterocycles. The van der Waals surface area contributed by atoms with E-state index in [0.29, 0.717) is 11.5 Å². The molecular formula is C18H25BrN2. The summed E-state index contributed by atoms with van der Waals surface area (Å²) in [5.41, 5.74) is 2.53. The van der Waals surface area contributed by atoms with E-state index in [4.69, 9.17) is 4.98 Å². The van der Waals surface area contributed by atoms with Gasteiger partial charge in [-0.1, -0.05) is 45.9 Å². The minimum Gasteiger partial charge on any atom is -0.309 e. The fourth-order valence-corrected chi connectivity index (χ4v) is 3.12. The zero-order chi connectivity index (χ0) is 15.5. The fraction of sp³-hybridized carbons (Fsp3) is 0.500. The smallest absolute Gasteiger partial charge is 0.0722 e. The highest BCUT2D eigenvalue weighted by atomic mass is 79.9. The van der Waals surface area contributed by atoms with Gasteiger partial charge in [-0.3, -0.25) is 0 Å². The molecule has 0 aliphatic rings. The summed E-state index contributed by atoms with van der Waals surface area (Å²) in [6.45, 7) is 9.98. The number of benzene rings is 1. The summed E-state index contributed by atoms with van der Waals surface area (Å²) < 4.78 is 1.10. The molecule has 0 bridgehead atoms. The summed E-state index contributed by atoms with van der Waals surface area (Å²) in [4.78, 5) is 4.88. The summed E-state index contributed by atoms with van der Waals surface area (Å²) in [5, 5.41) is 4.76. The van der Waals surface area contributed by atoms with Crippen molar-refractivity contribution in [3.63, 3.8) is 0 Å². The summed E-state index contributed by atoms with van der Waals surface area (Å²) in [5.74, 6) is 0. The Balaban J connectivity index is 2.32. The van der Waals surface area contributed by atoms with Gasteiger partial charge in [0.15, 0.2) is 0 Å². The maximum atomic E-state index is 4.88. The van der Waals surface area contributed by atoms with Crippen LogP contribution in [-0.2, 0) is 0 Å². The van der Waals surface area contributed by atoms with Gasteiger partial charge >= 0.3 is 0 Å². The molecule has 1 N–H and O–H groups in total. The average Bonchev–Trinajstić information content (AvgIpc) is 2.42. The summed E-state index contributed by atoms with van der Waals surface area (Å²) in [7, 11) is 0. The zero-order valence-electron chi connectivity index (χ0n) is 13.4. The molecule has 0 radical (unpaired) electrons. The van der Waals surface area contributed by atoms with Crippen molar-refractivity contribution in [1.29, 1.82) is 0 Å². The quantitative estimate of drug-likeness (QED) is 0.774. The normalized spacial score (nSPS) is 13.6. The van der Waals surface area contributed by atoms with Crippen molar-refractivity contribution in [3.8, 4) is 0 Å². The van der Waals surface area contributed by atoms with Crippen LogP contribution in [0, 0.1) is 5.41 Å². The van der Waals surface area contributed by atoms with E-state index in [1.54, 1.807) is 0 Å². The molecule has 1 atom stereocenters. The molecule has 0 spiro atoms. The summed E-state index contributed by atoms with van der Waals surface area (Å²) >= 11 is 3.71.